The number of nitrogens with zero attached hydrogens (tertiary/aromatic N) is 1. The van der Waals surface area contributed by atoms with Crippen molar-refractivity contribution in [2.75, 3.05) is 31.1 Å². The SMILES string of the molecule is C[C@@H](NCCC1CN(c2ccc(C(F)(F)F)cc2)CCO1)c1cccc2ccccc12. The molecule has 4 rings (SSSR count). The Bertz CT molecular complexity index is 998. The summed E-state index contributed by atoms with van der Waals surface area (Å²) in [6.45, 7) is 4.90. The molecule has 0 radical (unpaired) electrons. The maximum Gasteiger partial charge on any atom is 0.416 e. The van der Waals surface area contributed by atoms with Gasteiger partial charge in [0.05, 0.1) is 18.3 Å². The van der Waals surface area contributed by atoms with E-state index >= 15 is 0 Å². The number of benzene rings is 3. The molecule has 0 aliphatic carbocycles. The van der Waals surface area contributed by atoms with E-state index in [9.17, 15) is 13.2 Å². The zero-order valence-corrected chi connectivity index (χ0v) is 17.5. The van der Waals surface area contributed by atoms with Crippen molar-refractivity contribution in [2.24, 2.45) is 0 Å². The zero-order valence-electron chi connectivity index (χ0n) is 17.5. The van der Waals surface area contributed by atoms with Gasteiger partial charge in [0, 0.05) is 24.8 Å². The molecule has 1 aliphatic heterocycles. The maximum absolute atomic E-state index is 12.8. The van der Waals surface area contributed by atoms with Crippen molar-refractivity contribution in [3.05, 3.63) is 77.9 Å². The number of hydrogen-bond acceptors (Lipinski definition) is 3. The van der Waals surface area contributed by atoms with Crippen LogP contribution in [-0.4, -0.2) is 32.3 Å². The van der Waals surface area contributed by atoms with Crippen LogP contribution in [0.2, 0.25) is 0 Å². The van der Waals surface area contributed by atoms with Crippen LogP contribution in [-0.2, 0) is 10.9 Å². The summed E-state index contributed by atoms with van der Waals surface area (Å²) in [6.07, 6.45) is -3.42. The number of ether oxygens (including phenoxy) is 1. The minimum atomic E-state index is -4.31. The van der Waals surface area contributed by atoms with E-state index in [1.54, 1.807) is 12.1 Å². The van der Waals surface area contributed by atoms with Gasteiger partial charge < -0.3 is 15.0 Å². The van der Waals surface area contributed by atoms with Gasteiger partial charge in [-0.15, -0.1) is 0 Å². The van der Waals surface area contributed by atoms with Crippen LogP contribution < -0.4 is 10.2 Å². The summed E-state index contributed by atoms with van der Waals surface area (Å²) >= 11 is 0. The van der Waals surface area contributed by atoms with Crippen molar-refractivity contribution in [3.8, 4) is 0 Å². The molecular formula is C25H27F3N2O. The minimum Gasteiger partial charge on any atom is -0.374 e. The highest BCUT2D eigenvalue weighted by Crippen LogP contribution is 2.31. The lowest BCUT2D eigenvalue weighted by Gasteiger charge is -2.35. The maximum atomic E-state index is 12.8. The lowest BCUT2D eigenvalue weighted by Crippen LogP contribution is -2.43. The summed E-state index contributed by atoms with van der Waals surface area (Å²) in [6, 6.07) is 20.3. The highest BCUT2D eigenvalue weighted by atomic mass is 19.4. The number of nitrogens with one attached hydrogen (secondary N) is 1. The van der Waals surface area contributed by atoms with Crippen molar-refractivity contribution >= 4 is 16.5 Å². The molecule has 0 amide bonds. The van der Waals surface area contributed by atoms with E-state index in [4.69, 9.17) is 4.74 Å². The lowest BCUT2D eigenvalue weighted by molar-refractivity contribution is -0.137. The second kappa shape index (κ2) is 9.28. The third-order valence-electron chi connectivity index (χ3n) is 5.91. The highest BCUT2D eigenvalue weighted by molar-refractivity contribution is 5.86. The molecule has 31 heavy (non-hydrogen) atoms. The van der Waals surface area contributed by atoms with Crippen LogP contribution in [0.3, 0.4) is 0 Å². The Morgan fingerprint density at radius 1 is 1.03 bits per heavy atom. The molecule has 0 bridgehead atoms. The molecule has 1 aliphatic rings. The second-order valence-electron chi connectivity index (χ2n) is 8.02. The Hall–Kier alpha value is -2.57. The molecule has 1 N–H and O–H groups in total. The van der Waals surface area contributed by atoms with Crippen molar-refractivity contribution in [2.45, 2.75) is 31.7 Å². The quantitative estimate of drug-likeness (QED) is 0.537. The van der Waals surface area contributed by atoms with Crippen LogP contribution in [0.5, 0.6) is 0 Å². The standard InChI is InChI=1S/C25H27F3N2O/c1-18(23-8-4-6-19-5-2-3-7-24(19)23)29-14-13-22-17-30(15-16-31-22)21-11-9-20(10-12-21)25(26,27)28/h2-12,18,22,29H,13-17H2,1H3/t18-,22?/m1/s1. The summed E-state index contributed by atoms with van der Waals surface area (Å²) < 4.78 is 44.3. The predicted octanol–water partition coefficient (Wildman–Crippen LogP) is 5.80. The molecule has 3 nitrogen and oxygen atoms in total. The fourth-order valence-corrected chi connectivity index (χ4v) is 4.19. The minimum absolute atomic E-state index is 0.0447. The Morgan fingerprint density at radius 2 is 1.77 bits per heavy atom. The summed E-state index contributed by atoms with van der Waals surface area (Å²) in [5.41, 5.74) is 1.46. The van der Waals surface area contributed by atoms with Gasteiger partial charge in [-0.05, 0) is 60.5 Å². The molecule has 3 aromatic rings. The summed E-state index contributed by atoms with van der Waals surface area (Å²) in [5.74, 6) is 0. The van der Waals surface area contributed by atoms with Crippen molar-refractivity contribution in [1.82, 2.24) is 5.32 Å². The van der Waals surface area contributed by atoms with Gasteiger partial charge in [-0.3, -0.25) is 0 Å². The number of anilines is 1. The number of rotatable bonds is 6. The molecule has 1 saturated heterocycles. The molecule has 1 unspecified atom stereocenters. The van der Waals surface area contributed by atoms with Gasteiger partial charge in [-0.25, -0.2) is 0 Å². The van der Waals surface area contributed by atoms with Crippen LogP contribution in [0, 0.1) is 0 Å². The lowest BCUT2D eigenvalue weighted by atomic mass is 9.99. The van der Waals surface area contributed by atoms with E-state index in [1.165, 1.54) is 16.3 Å². The van der Waals surface area contributed by atoms with E-state index in [-0.39, 0.29) is 12.1 Å². The fraction of sp³-hybridized carbons (Fsp3) is 0.360. The van der Waals surface area contributed by atoms with Gasteiger partial charge in [0.25, 0.3) is 0 Å². The molecule has 0 aromatic heterocycles. The largest absolute Gasteiger partial charge is 0.416 e. The molecule has 6 heteroatoms. The van der Waals surface area contributed by atoms with Crippen LogP contribution in [0.15, 0.2) is 66.7 Å². The second-order valence-corrected chi connectivity index (χ2v) is 8.02. The topological polar surface area (TPSA) is 24.5 Å². The predicted molar refractivity (Wildman–Crippen MR) is 118 cm³/mol. The van der Waals surface area contributed by atoms with E-state index in [0.717, 1.165) is 30.8 Å². The Balaban J connectivity index is 1.32. The summed E-state index contributed by atoms with van der Waals surface area (Å²) in [7, 11) is 0. The monoisotopic (exact) mass is 428 g/mol. The zero-order chi connectivity index (χ0) is 21.8. The van der Waals surface area contributed by atoms with Gasteiger partial charge >= 0.3 is 6.18 Å². The first-order chi connectivity index (χ1) is 14.9. The molecule has 164 valence electrons. The van der Waals surface area contributed by atoms with E-state index in [2.05, 4.69) is 53.5 Å². The average Bonchev–Trinajstić information content (AvgIpc) is 2.78. The normalized spacial score (nSPS) is 18.3. The van der Waals surface area contributed by atoms with E-state index in [0.29, 0.717) is 19.7 Å². The highest BCUT2D eigenvalue weighted by Gasteiger charge is 2.30. The number of halogens is 3. The van der Waals surface area contributed by atoms with Crippen molar-refractivity contribution < 1.29 is 17.9 Å². The molecule has 3 aromatic carbocycles. The van der Waals surface area contributed by atoms with Crippen LogP contribution in [0.1, 0.15) is 30.5 Å². The number of fused-ring (bicyclic) bond motifs is 1. The van der Waals surface area contributed by atoms with Crippen molar-refractivity contribution in [1.29, 1.82) is 0 Å². The third kappa shape index (κ3) is 5.20. The van der Waals surface area contributed by atoms with Gasteiger partial charge in [0.1, 0.15) is 0 Å². The fourth-order valence-electron chi connectivity index (χ4n) is 4.19. The molecular weight excluding hydrogens is 401 g/mol. The molecule has 1 fully saturated rings. The molecule has 0 saturated carbocycles. The van der Waals surface area contributed by atoms with Gasteiger partial charge in [-0.1, -0.05) is 42.5 Å². The smallest absolute Gasteiger partial charge is 0.374 e. The van der Waals surface area contributed by atoms with Gasteiger partial charge in [0.2, 0.25) is 0 Å². The molecule has 1 heterocycles. The number of hydrogen-bond donors (Lipinski definition) is 1. The van der Waals surface area contributed by atoms with Crippen LogP contribution in [0.4, 0.5) is 18.9 Å². The van der Waals surface area contributed by atoms with Gasteiger partial charge in [-0.2, -0.15) is 13.2 Å². The van der Waals surface area contributed by atoms with Crippen molar-refractivity contribution in [3.63, 3.8) is 0 Å². The van der Waals surface area contributed by atoms with E-state index < -0.39 is 11.7 Å². The van der Waals surface area contributed by atoms with Crippen LogP contribution in [0.25, 0.3) is 10.8 Å². The van der Waals surface area contributed by atoms with E-state index in [1.807, 2.05) is 6.07 Å². The first-order valence-corrected chi connectivity index (χ1v) is 10.7. The first kappa shape index (κ1) is 21.7. The van der Waals surface area contributed by atoms with Gasteiger partial charge in [0.15, 0.2) is 0 Å². The first-order valence-electron chi connectivity index (χ1n) is 10.7. The Morgan fingerprint density at radius 3 is 2.55 bits per heavy atom. The molecule has 0 spiro atoms. The third-order valence-corrected chi connectivity index (χ3v) is 5.91. The number of morpholine rings is 1. The summed E-state index contributed by atoms with van der Waals surface area (Å²) in [5, 5.41) is 6.08. The summed E-state index contributed by atoms with van der Waals surface area (Å²) in [4.78, 5) is 2.10. The Kier molecular flexibility index (Phi) is 6.49. The Labute approximate surface area is 180 Å². The number of alkyl halides is 3. The van der Waals surface area contributed by atoms with Crippen LogP contribution >= 0.6 is 0 Å². The average molecular weight is 428 g/mol. The molecule has 2 atom stereocenters.